The van der Waals surface area contributed by atoms with Crippen molar-refractivity contribution in [2.45, 2.75) is 6.92 Å². The van der Waals surface area contributed by atoms with Gasteiger partial charge in [0.15, 0.2) is 0 Å². The lowest BCUT2D eigenvalue weighted by Gasteiger charge is -2.07. The number of carbonyl (C=O) groups is 1. The largest absolute Gasteiger partial charge is 0.457 e. The number of carbonyl (C=O) groups excluding carboxylic acids is 1. The summed E-state index contributed by atoms with van der Waals surface area (Å²) in [5, 5.41) is 0. The molecule has 3 heteroatoms. The van der Waals surface area contributed by atoms with Crippen LogP contribution in [0, 0.1) is 6.92 Å². The van der Waals surface area contributed by atoms with Crippen LogP contribution in [-0.4, -0.2) is 12.8 Å². The molecule has 0 aliphatic rings. The van der Waals surface area contributed by atoms with Gasteiger partial charge in [-0.05, 0) is 30.2 Å². The molecule has 0 heterocycles. The molecule has 0 atom stereocenters. The summed E-state index contributed by atoms with van der Waals surface area (Å²) < 4.78 is 10.0. The normalized spacial score (nSPS) is 9.85. The lowest BCUT2D eigenvalue weighted by molar-refractivity contribution is -0.144. The Morgan fingerprint density at radius 1 is 1.05 bits per heavy atom. The Bertz CT molecular complexity index is 583. The van der Waals surface area contributed by atoms with Crippen molar-refractivity contribution in [1.29, 1.82) is 0 Å². The fraction of sp³-hybridized carbons (Fsp3) is 0.118. The first-order chi connectivity index (χ1) is 9.69. The van der Waals surface area contributed by atoms with Crippen molar-refractivity contribution in [3.63, 3.8) is 0 Å². The summed E-state index contributed by atoms with van der Waals surface area (Å²) in [5.74, 6) is 0.152. The standard InChI is InChI=1S/C17H16O3/c1-3-17(18)20-12-19-16-10-8-15(9-11-16)14-6-4-13(2)5-7-14/h3-11H,1,12H2,2H3. The van der Waals surface area contributed by atoms with Crippen molar-refractivity contribution in [3.8, 4) is 16.9 Å². The second kappa shape index (κ2) is 6.57. The maximum atomic E-state index is 10.8. The van der Waals surface area contributed by atoms with Crippen molar-refractivity contribution in [2.24, 2.45) is 0 Å². The molecule has 0 saturated heterocycles. The highest BCUT2D eigenvalue weighted by atomic mass is 16.7. The molecule has 0 radical (unpaired) electrons. The Morgan fingerprint density at radius 3 is 2.15 bits per heavy atom. The van der Waals surface area contributed by atoms with Gasteiger partial charge in [-0.25, -0.2) is 4.79 Å². The van der Waals surface area contributed by atoms with Crippen molar-refractivity contribution in [1.82, 2.24) is 0 Å². The average molecular weight is 268 g/mol. The maximum absolute atomic E-state index is 10.8. The van der Waals surface area contributed by atoms with E-state index in [2.05, 4.69) is 37.8 Å². The van der Waals surface area contributed by atoms with Gasteiger partial charge in [0.25, 0.3) is 0 Å². The van der Waals surface area contributed by atoms with Crippen molar-refractivity contribution < 1.29 is 14.3 Å². The van der Waals surface area contributed by atoms with Gasteiger partial charge in [0.2, 0.25) is 6.79 Å². The Morgan fingerprint density at radius 2 is 1.60 bits per heavy atom. The van der Waals surface area contributed by atoms with Gasteiger partial charge in [0, 0.05) is 6.08 Å². The zero-order valence-electron chi connectivity index (χ0n) is 11.3. The van der Waals surface area contributed by atoms with Crippen molar-refractivity contribution in [3.05, 3.63) is 66.7 Å². The number of rotatable bonds is 5. The van der Waals surface area contributed by atoms with E-state index in [-0.39, 0.29) is 6.79 Å². The molecule has 20 heavy (non-hydrogen) atoms. The van der Waals surface area contributed by atoms with Crippen LogP contribution in [0.1, 0.15) is 5.56 Å². The average Bonchev–Trinajstić information content (AvgIpc) is 2.48. The predicted molar refractivity (Wildman–Crippen MR) is 78.4 cm³/mol. The molecule has 0 aromatic heterocycles. The fourth-order valence-corrected chi connectivity index (χ4v) is 1.70. The predicted octanol–water partition coefficient (Wildman–Crippen LogP) is 3.73. The maximum Gasteiger partial charge on any atom is 0.333 e. The molecule has 3 nitrogen and oxygen atoms in total. The fourth-order valence-electron chi connectivity index (χ4n) is 1.70. The van der Waals surface area contributed by atoms with Crippen molar-refractivity contribution >= 4 is 5.97 Å². The van der Waals surface area contributed by atoms with E-state index in [0.29, 0.717) is 5.75 Å². The Balaban J connectivity index is 1.97. The van der Waals surface area contributed by atoms with E-state index >= 15 is 0 Å². The number of esters is 1. The summed E-state index contributed by atoms with van der Waals surface area (Å²) in [6.45, 7) is 5.25. The third-order valence-electron chi connectivity index (χ3n) is 2.83. The molecule has 0 N–H and O–H groups in total. The van der Waals surface area contributed by atoms with E-state index in [4.69, 9.17) is 9.47 Å². The second-order valence-electron chi connectivity index (χ2n) is 4.32. The summed E-state index contributed by atoms with van der Waals surface area (Å²) in [4.78, 5) is 10.8. The zero-order chi connectivity index (χ0) is 14.4. The third-order valence-corrected chi connectivity index (χ3v) is 2.83. The molecule has 0 saturated carbocycles. The minimum Gasteiger partial charge on any atom is -0.457 e. The van der Waals surface area contributed by atoms with Crippen LogP contribution in [0.15, 0.2) is 61.2 Å². The molecule has 0 spiro atoms. The van der Waals surface area contributed by atoms with E-state index in [1.807, 2.05) is 24.3 Å². The summed E-state index contributed by atoms with van der Waals surface area (Å²) in [6.07, 6.45) is 1.10. The first-order valence-corrected chi connectivity index (χ1v) is 6.28. The Labute approximate surface area is 118 Å². The molecular weight excluding hydrogens is 252 g/mol. The Hall–Kier alpha value is -2.55. The van der Waals surface area contributed by atoms with Crippen LogP contribution in [0.5, 0.6) is 5.75 Å². The SMILES string of the molecule is C=CC(=O)OCOc1ccc(-c2ccc(C)cc2)cc1. The van der Waals surface area contributed by atoms with Crippen LogP contribution in [-0.2, 0) is 9.53 Å². The summed E-state index contributed by atoms with van der Waals surface area (Å²) in [7, 11) is 0. The van der Waals surface area contributed by atoms with Gasteiger partial charge in [-0.15, -0.1) is 0 Å². The molecule has 2 aromatic carbocycles. The zero-order valence-corrected chi connectivity index (χ0v) is 11.3. The minimum atomic E-state index is -0.499. The van der Waals surface area contributed by atoms with Crippen LogP contribution in [0.3, 0.4) is 0 Å². The van der Waals surface area contributed by atoms with Crippen LogP contribution in [0.4, 0.5) is 0 Å². The van der Waals surface area contributed by atoms with Gasteiger partial charge in [-0.3, -0.25) is 0 Å². The van der Waals surface area contributed by atoms with E-state index in [9.17, 15) is 4.79 Å². The van der Waals surface area contributed by atoms with Gasteiger partial charge >= 0.3 is 5.97 Å². The molecule has 0 aliphatic carbocycles. The molecule has 2 rings (SSSR count). The number of ether oxygens (including phenoxy) is 2. The topological polar surface area (TPSA) is 35.5 Å². The van der Waals surface area contributed by atoms with E-state index in [1.165, 1.54) is 5.56 Å². The van der Waals surface area contributed by atoms with Crippen molar-refractivity contribution in [2.75, 3.05) is 6.79 Å². The van der Waals surface area contributed by atoms with Gasteiger partial charge in [0.1, 0.15) is 5.75 Å². The number of benzene rings is 2. The minimum absolute atomic E-state index is 0.116. The smallest absolute Gasteiger partial charge is 0.333 e. The van der Waals surface area contributed by atoms with Crippen LogP contribution >= 0.6 is 0 Å². The molecule has 0 bridgehead atoms. The second-order valence-corrected chi connectivity index (χ2v) is 4.32. The summed E-state index contributed by atoms with van der Waals surface area (Å²) in [5.41, 5.74) is 3.50. The van der Waals surface area contributed by atoms with Gasteiger partial charge < -0.3 is 9.47 Å². The lowest BCUT2D eigenvalue weighted by atomic mass is 10.0. The van der Waals surface area contributed by atoms with Gasteiger partial charge in [-0.2, -0.15) is 0 Å². The Kier molecular flexibility index (Phi) is 4.56. The molecule has 102 valence electrons. The first kappa shape index (κ1) is 13.9. The number of aryl methyl sites for hydroxylation is 1. The van der Waals surface area contributed by atoms with Crippen LogP contribution in [0.25, 0.3) is 11.1 Å². The number of hydrogen-bond acceptors (Lipinski definition) is 3. The number of hydrogen-bond donors (Lipinski definition) is 0. The lowest BCUT2D eigenvalue weighted by Crippen LogP contribution is -2.07. The van der Waals surface area contributed by atoms with Gasteiger partial charge in [-0.1, -0.05) is 48.5 Å². The van der Waals surface area contributed by atoms with Crippen LogP contribution in [0.2, 0.25) is 0 Å². The summed E-state index contributed by atoms with van der Waals surface area (Å²) in [6, 6.07) is 15.9. The highest BCUT2D eigenvalue weighted by Gasteiger charge is 2.00. The summed E-state index contributed by atoms with van der Waals surface area (Å²) >= 11 is 0. The molecule has 0 unspecified atom stereocenters. The van der Waals surface area contributed by atoms with Gasteiger partial charge in [0.05, 0.1) is 0 Å². The molecule has 0 aliphatic heterocycles. The molecule has 0 fully saturated rings. The molecule has 2 aromatic rings. The molecule has 0 amide bonds. The third kappa shape index (κ3) is 3.72. The highest BCUT2D eigenvalue weighted by molar-refractivity contribution is 5.81. The molecular formula is C17H16O3. The van der Waals surface area contributed by atoms with E-state index in [1.54, 1.807) is 0 Å². The van der Waals surface area contributed by atoms with Crippen LogP contribution < -0.4 is 4.74 Å². The monoisotopic (exact) mass is 268 g/mol. The quantitative estimate of drug-likeness (QED) is 0.471. The first-order valence-electron chi connectivity index (χ1n) is 6.28. The highest BCUT2D eigenvalue weighted by Crippen LogP contribution is 2.22. The van der Waals surface area contributed by atoms with E-state index in [0.717, 1.165) is 17.2 Å². The van der Waals surface area contributed by atoms with E-state index < -0.39 is 5.97 Å².